The minimum Gasteiger partial charge on any atom is -0.452 e. The van der Waals surface area contributed by atoms with Gasteiger partial charge in [-0.05, 0) is 39.7 Å². The summed E-state index contributed by atoms with van der Waals surface area (Å²) in [5.74, 6) is -0.0249. The molecule has 0 atom stereocenters. The second kappa shape index (κ2) is 4.51. The van der Waals surface area contributed by atoms with Gasteiger partial charge in [0, 0.05) is 21.2 Å². The monoisotopic (exact) mass is 304 g/mol. The lowest BCUT2D eigenvalue weighted by atomic mass is 10.1. The van der Waals surface area contributed by atoms with Crippen molar-refractivity contribution in [3.8, 4) is 0 Å². The second-order valence-electron chi connectivity index (χ2n) is 2.94. The van der Waals surface area contributed by atoms with Crippen LogP contribution in [0.25, 0.3) is 0 Å². The summed E-state index contributed by atoms with van der Waals surface area (Å²) in [5, 5.41) is 2.11. The van der Waals surface area contributed by atoms with E-state index < -0.39 is 0 Å². The molecule has 0 saturated carbocycles. The number of furan rings is 1. The zero-order valence-corrected chi connectivity index (χ0v) is 10.7. The normalized spacial score (nSPS) is 10.5. The van der Waals surface area contributed by atoms with Crippen LogP contribution in [0.1, 0.15) is 15.2 Å². The van der Waals surface area contributed by atoms with Gasteiger partial charge >= 0.3 is 0 Å². The highest BCUT2D eigenvalue weighted by Crippen LogP contribution is 2.23. The summed E-state index contributed by atoms with van der Waals surface area (Å²) in [4.78, 5) is 12.8. The molecular weight excluding hydrogens is 300 g/mol. The second-order valence-corrected chi connectivity index (χ2v) is 5.19. The third-order valence-electron chi connectivity index (χ3n) is 1.87. The van der Waals surface area contributed by atoms with Gasteiger partial charge in [-0.25, -0.2) is 0 Å². The molecule has 2 rings (SSSR count). The molecule has 0 radical (unpaired) electrons. The molecule has 0 spiro atoms. The Balaban J connectivity index is 2.14. The van der Waals surface area contributed by atoms with Crippen LogP contribution in [0, 0.1) is 0 Å². The summed E-state index contributed by atoms with van der Waals surface area (Å²) in [7, 11) is 0. The van der Waals surface area contributed by atoms with Crippen molar-refractivity contribution in [3.05, 3.63) is 43.9 Å². The predicted octanol–water partition coefficient (Wildman–Crippen LogP) is 4.18. The Morgan fingerprint density at radius 1 is 1.60 bits per heavy atom. The van der Waals surface area contributed by atoms with Crippen LogP contribution in [0.3, 0.4) is 0 Å². The van der Waals surface area contributed by atoms with Gasteiger partial charge in [-0.1, -0.05) is 0 Å². The summed E-state index contributed by atoms with van der Waals surface area (Å²) in [6.07, 6.45) is 1.77. The van der Waals surface area contributed by atoms with Crippen LogP contribution < -0.4 is 0 Å². The molecule has 2 heterocycles. The van der Waals surface area contributed by atoms with Gasteiger partial charge in [-0.3, -0.25) is 4.79 Å². The maximum Gasteiger partial charge on any atom is 0.203 e. The molecule has 2 aromatic rings. The van der Waals surface area contributed by atoms with Crippen LogP contribution >= 0.6 is 38.9 Å². The average molecular weight is 306 g/mol. The Labute approximate surface area is 104 Å². The number of hydrogen-bond acceptors (Lipinski definition) is 3. The van der Waals surface area contributed by atoms with Crippen molar-refractivity contribution in [1.82, 2.24) is 0 Å². The molecule has 0 aliphatic rings. The van der Waals surface area contributed by atoms with Crippen LogP contribution in [0.4, 0.5) is 0 Å². The van der Waals surface area contributed by atoms with Gasteiger partial charge in [0.2, 0.25) is 5.22 Å². The Hall–Kier alpha value is -0.580. The zero-order chi connectivity index (χ0) is 10.8. The fraction of sp³-hybridized carbons (Fsp3) is 0.100. The lowest BCUT2D eigenvalue weighted by Gasteiger charge is -1.94. The van der Waals surface area contributed by atoms with Crippen molar-refractivity contribution in [1.29, 1.82) is 0 Å². The number of thiophene rings is 1. The fourth-order valence-corrected chi connectivity index (χ4v) is 2.86. The minimum absolute atomic E-state index is 0.0249. The summed E-state index contributed by atoms with van der Waals surface area (Å²) in [6, 6.07) is 3.52. The quantitative estimate of drug-likeness (QED) is 0.796. The van der Waals surface area contributed by atoms with Crippen molar-refractivity contribution in [2.24, 2.45) is 0 Å². The predicted molar refractivity (Wildman–Crippen MR) is 63.8 cm³/mol. The topological polar surface area (TPSA) is 30.2 Å². The maximum atomic E-state index is 11.8. The molecule has 0 bridgehead atoms. The summed E-state index contributed by atoms with van der Waals surface area (Å²) >= 11 is 10.6. The van der Waals surface area contributed by atoms with Gasteiger partial charge in [-0.2, -0.15) is 0 Å². The van der Waals surface area contributed by atoms with Crippen molar-refractivity contribution in [2.45, 2.75) is 6.42 Å². The summed E-state index contributed by atoms with van der Waals surface area (Å²) in [6.45, 7) is 0. The summed E-state index contributed by atoms with van der Waals surface area (Å²) in [5.41, 5.74) is 0.446. The SMILES string of the molecule is O=C(Cc1cc(Br)cs1)c1ccoc1Cl. The smallest absolute Gasteiger partial charge is 0.203 e. The van der Waals surface area contributed by atoms with E-state index in [2.05, 4.69) is 15.9 Å². The van der Waals surface area contributed by atoms with Gasteiger partial charge in [0.1, 0.15) is 0 Å². The number of rotatable bonds is 3. The van der Waals surface area contributed by atoms with Crippen LogP contribution in [0.5, 0.6) is 0 Å². The molecule has 78 valence electrons. The van der Waals surface area contributed by atoms with Crippen molar-refractivity contribution in [3.63, 3.8) is 0 Å². The van der Waals surface area contributed by atoms with Crippen LogP contribution in [0.2, 0.25) is 5.22 Å². The summed E-state index contributed by atoms with van der Waals surface area (Å²) < 4.78 is 5.86. The molecule has 2 aromatic heterocycles. The Morgan fingerprint density at radius 3 is 2.93 bits per heavy atom. The van der Waals surface area contributed by atoms with Gasteiger partial charge in [-0.15, -0.1) is 11.3 Å². The highest BCUT2D eigenvalue weighted by atomic mass is 79.9. The lowest BCUT2D eigenvalue weighted by Crippen LogP contribution is -2.00. The standard InChI is InChI=1S/C10H6BrClO2S/c11-6-3-7(15-5-6)4-9(13)8-1-2-14-10(8)12/h1-3,5H,4H2. The first-order valence-corrected chi connectivity index (χ1v) is 6.21. The van der Waals surface area contributed by atoms with E-state index in [1.54, 1.807) is 6.07 Å². The first kappa shape index (κ1) is 10.9. The molecule has 0 aliphatic carbocycles. The van der Waals surface area contributed by atoms with Gasteiger partial charge in [0.15, 0.2) is 5.78 Å². The molecular formula is C10H6BrClO2S. The maximum absolute atomic E-state index is 11.8. The van der Waals surface area contributed by atoms with E-state index in [1.807, 2.05) is 11.4 Å². The van der Waals surface area contributed by atoms with Crippen LogP contribution in [0.15, 0.2) is 32.7 Å². The van der Waals surface area contributed by atoms with Crippen molar-refractivity contribution in [2.75, 3.05) is 0 Å². The van der Waals surface area contributed by atoms with Gasteiger partial charge in [0.05, 0.1) is 11.8 Å². The van der Waals surface area contributed by atoms with Crippen LogP contribution in [-0.4, -0.2) is 5.78 Å². The zero-order valence-electron chi connectivity index (χ0n) is 7.50. The molecule has 0 N–H and O–H groups in total. The van der Waals surface area contributed by atoms with E-state index in [1.165, 1.54) is 17.6 Å². The van der Waals surface area contributed by atoms with E-state index >= 15 is 0 Å². The lowest BCUT2D eigenvalue weighted by molar-refractivity contribution is 0.0993. The van der Waals surface area contributed by atoms with Gasteiger partial charge in [0.25, 0.3) is 0 Å². The first-order chi connectivity index (χ1) is 7.16. The largest absolute Gasteiger partial charge is 0.452 e. The number of ketones is 1. The Morgan fingerprint density at radius 2 is 2.40 bits per heavy atom. The van der Waals surface area contributed by atoms with E-state index in [0.717, 1.165) is 9.35 Å². The molecule has 0 saturated heterocycles. The number of hydrogen-bond donors (Lipinski definition) is 0. The number of carbonyl (C=O) groups is 1. The van der Waals surface area contributed by atoms with Crippen molar-refractivity contribution < 1.29 is 9.21 Å². The number of Topliss-reactive ketones (excluding diaryl/α,β-unsaturated/α-hetero) is 1. The van der Waals surface area contributed by atoms with Crippen LogP contribution in [-0.2, 0) is 6.42 Å². The van der Waals surface area contributed by atoms with E-state index in [-0.39, 0.29) is 11.0 Å². The molecule has 0 unspecified atom stereocenters. The number of carbonyl (C=O) groups excluding carboxylic acids is 1. The fourth-order valence-electron chi connectivity index (χ4n) is 1.19. The highest BCUT2D eigenvalue weighted by molar-refractivity contribution is 9.10. The average Bonchev–Trinajstić information content (AvgIpc) is 2.75. The molecule has 2 nitrogen and oxygen atoms in total. The first-order valence-electron chi connectivity index (χ1n) is 4.16. The molecule has 0 amide bonds. The molecule has 15 heavy (non-hydrogen) atoms. The van der Waals surface area contributed by atoms with E-state index in [4.69, 9.17) is 16.0 Å². The molecule has 0 aromatic carbocycles. The van der Waals surface area contributed by atoms with Crippen molar-refractivity contribution >= 4 is 44.7 Å². The third-order valence-corrected chi connectivity index (χ3v) is 3.87. The molecule has 5 heteroatoms. The minimum atomic E-state index is -0.0249. The van der Waals surface area contributed by atoms with Gasteiger partial charge < -0.3 is 4.42 Å². The van der Waals surface area contributed by atoms with E-state index in [9.17, 15) is 4.79 Å². The Kier molecular flexibility index (Phi) is 3.29. The molecule has 0 aliphatic heterocycles. The molecule has 0 fully saturated rings. The Bertz CT molecular complexity index is 489. The third kappa shape index (κ3) is 2.51. The van der Waals surface area contributed by atoms with E-state index in [0.29, 0.717) is 12.0 Å². The highest BCUT2D eigenvalue weighted by Gasteiger charge is 2.14. The number of halogens is 2.